The van der Waals surface area contributed by atoms with Crippen molar-refractivity contribution in [3.8, 4) is 0 Å². The number of carbonyl (C=O) groups excluding carboxylic acids is 1. The van der Waals surface area contributed by atoms with E-state index in [1.54, 1.807) is 6.20 Å². The van der Waals surface area contributed by atoms with Crippen LogP contribution >= 0.6 is 35.3 Å². The molecule has 0 atom stereocenters. The number of aromatic nitrogens is 1. The van der Waals surface area contributed by atoms with Crippen molar-refractivity contribution < 1.29 is 4.79 Å². The van der Waals surface area contributed by atoms with Gasteiger partial charge >= 0.3 is 0 Å². The molecule has 0 saturated carbocycles. The lowest BCUT2D eigenvalue weighted by molar-refractivity contribution is -0.120. The average molecular weight is 483 g/mol. The van der Waals surface area contributed by atoms with Crippen molar-refractivity contribution in [3.05, 3.63) is 94.9 Å². The zero-order valence-corrected chi connectivity index (χ0v) is 19.9. The van der Waals surface area contributed by atoms with Gasteiger partial charge in [-0.3, -0.25) is 9.79 Å². The number of halogens is 1. The van der Waals surface area contributed by atoms with E-state index < -0.39 is 0 Å². The molecule has 3 aromatic rings. The predicted molar refractivity (Wildman–Crippen MR) is 138 cm³/mol. The normalized spacial score (nSPS) is 11.4. The molecule has 164 valence electrons. The SMILES string of the molecule is C=N/C(C)=C(\SCNC(=O)Cc1ccccc1)c1cnc(Cl)c(NSc2ccccc2)c1. The third-order valence-electron chi connectivity index (χ3n) is 4.38. The lowest BCUT2D eigenvalue weighted by Gasteiger charge is -2.13. The fourth-order valence-electron chi connectivity index (χ4n) is 2.75. The van der Waals surface area contributed by atoms with Gasteiger partial charge < -0.3 is 10.0 Å². The number of pyridine rings is 1. The minimum absolute atomic E-state index is 0.0388. The maximum Gasteiger partial charge on any atom is 0.225 e. The van der Waals surface area contributed by atoms with Crippen LogP contribution in [0.25, 0.3) is 4.91 Å². The van der Waals surface area contributed by atoms with E-state index in [2.05, 4.69) is 26.7 Å². The highest BCUT2D eigenvalue weighted by Gasteiger charge is 2.12. The Bertz CT molecular complexity index is 1090. The lowest BCUT2D eigenvalue weighted by Crippen LogP contribution is -2.24. The van der Waals surface area contributed by atoms with Crippen molar-refractivity contribution in [1.29, 1.82) is 0 Å². The molecule has 0 aliphatic heterocycles. The summed E-state index contributed by atoms with van der Waals surface area (Å²) < 4.78 is 3.26. The highest BCUT2D eigenvalue weighted by atomic mass is 35.5. The highest BCUT2D eigenvalue weighted by molar-refractivity contribution is 8.08. The number of nitrogens with zero attached hydrogens (tertiary/aromatic N) is 2. The first kappa shape index (κ1) is 23.9. The third-order valence-corrected chi connectivity index (χ3v) is 6.62. The van der Waals surface area contributed by atoms with Gasteiger partial charge in [-0.05, 0) is 49.4 Å². The van der Waals surface area contributed by atoms with Crippen molar-refractivity contribution in [2.75, 3.05) is 10.6 Å². The lowest BCUT2D eigenvalue weighted by atomic mass is 10.1. The summed E-state index contributed by atoms with van der Waals surface area (Å²) >= 11 is 9.23. The number of hydrogen-bond donors (Lipinski definition) is 2. The van der Waals surface area contributed by atoms with Gasteiger partial charge in [0.15, 0.2) is 5.15 Å². The molecule has 0 aliphatic rings. The van der Waals surface area contributed by atoms with Crippen LogP contribution in [0.3, 0.4) is 0 Å². The maximum atomic E-state index is 12.3. The summed E-state index contributed by atoms with van der Waals surface area (Å²) in [6.45, 7) is 5.52. The van der Waals surface area contributed by atoms with Crippen LogP contribution in [-0.4, -0.2) is 23.5 Å². The fourth-order valence-corrected chi connectivity index (χ4v) is 4.56. The van der Waals surface area contributed by atoms with Gasteiger partial charge in [-0.25, -0.2) is 4.98 Å². The highest BCUT2D eigenvalue weighted by Crippen LogP contribution is 2.34. The third kappa shape index (κ3) is 7.15. The molecular weight excluding hydrogens is 460 g/mol. The van der Waals surface area contributed by atoms with E-state index >= 15 is 0 Å². The van der Waals surface area contributed by atoms with Crippen LogP contribution in [0.15, 0.2) is 88.5 Å². The minimum atomic E-state index is -0.0388. The molecule has 0 fully saturated rings. The van der Waals surface area contributed by atoms with Gasteiger partial charge in [0.05, 0.1) is 23.7 Å². The maximum absolute atomic E-state index is 12.3. The number of aliphatic imine (C=N–C) groups is 1. The largest absolute Gasteiger partial charge is 0.346 e. The number of anilines is 1. The Hall–Kier alpha value is -2.74. The second-order valence-electron chi connectivity index (χ2n) is 6.70. The molecule has 0 aliphatic carbocycles. The molecule has 0 unspecified atom stereocenters. The molecule has 32 heavy (non-hydrogen) atoms. The van der Waals surface area contributed by atoms with E-state index in [9.17, 15) is 4.79 Å². The summed E-state index contributed by atoms with van der Waals surface area (Å²) in [7, 11) is 0. The van der Waals surface area contributed by atoms with E-state index in [-0.39, 0.29) is 5.91 Å². The summed E-state index contributed by atoms with van der Waals surface area (Å²) in [5, 5.41) is 3.32. The molecule has 0 saturated heterocycles. The van der Waals surface area contributed by atoms with Crippen LogP contribution in [0.1, 0.15) is 18.1 Å². The number of carbonyl (C=O) groups is 1. The molecule has 0 radical (unpaired) electrons. The Morgan fingerprint density at radius 3 is 2.50 bits per heavy atom. The van der Waals surface area contributed by atoms with Crippen molar-refractivity contribution in [1.82, 2.24) is 10.3 Å². The molecule has 1 aromatic heterocycles. The molecule has 1 heterocycles. The first-order valence-corrected chi connectivity index (χ1v) is 12.0. The number of amides is 1. The average Bonchev–Trinajstić information content (AvgIpc) is 2.82. The Morgan fingerprint density at radius 2 is 1.81 bits per heavy atom. The van der Waals surface area contributed by atoms with E-state index in [0.29, 0.717) is 23.1 Å². The quantitative estimate of drug-likeness (QED) is 0.154. The monoisotopic (exact) mass is 482 g/mol. The predicted octanol–water partition coefficient (Wildman–Crippen LogP) is 6.29. The molecule has 0 spiro atoms. The Balaban J connectivity index is 1.66. The number of nitrogens with one attached hydrogen (secondary N) is 2. The van der Waals surface area contributed by atoms with E-state index in [1.807, 2.05) is 73.7 Å². The molecule has 8 heteroatoms. The van der Waals surface area contributed by atoms with Gasteiger partial charge in [-0.15, -0.1) is 11.8 Å². The Kier molecular flexibility index (Phi) is 9.22. The van der Waals surface area contributed by atoms with E-state index in [0.717, 1.165) is 26.6 Å². The molecule has 3 rings (SSSR count). The Morgan fingerprint density at radius 1 is 1.12 bits per heavy atom. The molecular formula is C24H23ClN4OS2. The zero-order valence-electron chi connectivity index (χ0n) is 17.5. The zero-order chi connectivity index (χ0) is 22.8. The second-order valence-corrected chi connectivity index (χ2v) is 8.93. The molecule has 1 amide bonds. The van der Waals surface area contributed by atoms with Crippen LogP contribution in [-0.2, 0) is 11.2 Å². The molecule has 2 aromatic carbocycles. The number of hydrogen-bond acceptors (Lipinski definition) is 6. The second kappa shape index (κ2) is 12.3. The van der Waals surface area contributed by atoms with E-state index in [4.69, 9.17) is 11.6 Å². The summed E-state index contributed by atoms with van der Waals surface area (Å²) in [6.07, 6.45) is 2.04. The smallest absolute Gasteiger partial charge is 0.225 e. The van der Waals surface area contributed by atoms with Gasteiger partial charge in [-0.2, -0.15) is 0 Å². The van der Waals surface area contributed by atoms with Gasteiger partial charge in [0.25, 0.3) is 0 Å². The summed E-state index contributed by atoms with van der Waals surface area (Å²) in [6, 6.07) is 21.5. The van der Waals surface area contributed by atoms with Crippen LogP contribution < -0.4 is 10.0 Å². The summed E-state index contributed by atoms with van der Waals surface area (Å²) in [5.41, 5.74) is 3.26. The topological polar surface area (TPSA) is 66.4 Å². The first-order chi connectivity index (χ1) is 15.6. The van der Waals surface area contributed by atoms with Crippen LogP contribution in [0.2, 0.25) is 5.15 Å². The number of rotatable bonds is 10. The van der Waals surface area contributed by atoms with Crippen molar-refractivity contribution in [2.45, 2.75) is 18.2 Å². The molecule has 5 nitrogen and oxygen atoms in total. The van der Waals surface area contributed by atoms with E-state index in [1.165, 1.54) is 23.7 Å². The number of allylic oxidation sites excluding steroid dienone is 1. The number of thioether (sulfide) groups is 1. The van der Waals surface area contributed by atoms with Gasteiger partial charge in [0.1, 0.15) is 0 Å². The summed E-state index contributed by atoms with van der Waals surface area (Å²) in [4.78, 5) is 22.6. The van der Waals surface area contributed by atoms with Gasteiger partial charge in [-0.1, -0.05) is 60.1 Å². The molecule has 2 N–H and O–H groups in total. The van der Waals surface area contributed by atoms with Crippen LogP contribution in [0.5, 0.6) is 0 Å². The van der Waals surface area contributed by atoms with Crippen molar-refractivity contribution in [3.63, 3.8) is 0 Å². The summed E-state index contributed by atoms with van der Waals surface area (Å²) in [5.74, 6) is 0.362. The Labute approximate surface area is 201 Å². The standard InChI is InChI=1S/C24H23ClN4OS2/c1-17(26-2)23(31-16-28-22(30)13-18-9-5-3-6-10-18)19-14-21(24(25)27-15-19)29-32-20-11-7-4-8-12-20/h3-12,14-15,29H,2,13,16H2,1H3,(H,28,30)/b23-17-. The number of benzene rings is 2. The first-order valence-electron chi connectivity index (χ1n) is 9.81. The van der Waals surface area contributed by atoms with Gasteiger partial charge in [0, 0.05) is 21.6 Å². The van der Waals surface area contributed by atoms with Crippen molar-refractivity contribution in [2.24, 2.45) is 4.99 Å². The van der Waals surface area contributed by atoms with Gasteiger partial charge in [0.2, 0.25) is 5.91 Å². The van der Waals surface area contributed by atoms with Crippen LogP contribution in [0.4, 0.5) is 5.69 Å². The minimum Gasteiger partial charge on any atom is -0.346 e. The van der Waals surface area contributed by atoms with Crippen molar-refractivity contribution >= 4 is 58.5 Å². The van der Waals surface area contributed by atoms with Crippen LogP contribution in [0, 0.1) is 0 Å². The fraction of sp³-hybridized carbons (Fsp3) is 0.125. The molecule has 0 bridgehead atoms.